The molecule has 0 radical (unpaired) electrons. The van der Waals surface area contributed by atoms with Gasteiger partial charge in [-0.05, 0) is 95.2 Å². The molecule has 0 bridgehead atoms. The molecule has 0 unspecified atom stereocenters. The minimum atomic E-state index is -4.03. The van der Waals surface area contributed by atoms with Crippen LogP contribution in [0.25, 0.3) is 10.8 Å². The average molecular weight is 834 g/mol. The van der Waals surface area contributed by atoms with Gasteiger partial charge in [0.05, 0.1) is 53.8 Å². The lowest BCUT2D eigenvalue weighted by atomic mass is 9.79. The molecule has 2 aromatic rings. The molecule has 58 heavy (non-hydrogen) atoms. The summed E-state index contributed by atoms with van der Waals surface area (Å²) >= 11 is 0. The number of alkyl halides is 2. The molecule has 12 nitrogen and oxygen atoms in total. The topological polar surface area (TPSA) is 158 Å². The molecule has 2 aliphatic heterocycles. The van der Waals surface area contributed by atoms with Gasteiger partial charge >= 0.3 is 5.97 Å². The zero-order chi connectivity index (χ0) is 42.4. The molecule has 1 aromatic carbocycles. The number of halogens is 3. The normalized spacial score (nSPS) is 29.4. The first-order valence-corrected chi connectivity index (χ1v) is 21.6. The molecular weight excluding hydrogens is 780 g/mol. The molecule has 2 amide bonds. The summed E-state index contributed by atoms with van der Waals surface area (Å²) < 4.78 is 86.8. The fraction of sp³-hybridized carbons (Fsp3) is 0.643. The van der Waals surface area contributed by atoms with Crippen LogP contribution in [0, 0.1) is 34.9 Å². The summed E-state index contributed by atoms with van der Waals surface area (Å²) in [5.74, 6) is -4.82. The Morgan fingerprint density at radius 3 is 2.52 bits per heavy atom. The fourth-order valence-corrected chi connectivity index (χ4v) is 9.81. The standard InChI is InChI=1S/C42H54F3N3O9S/c1-7-25-16-24(2)10-8-9-11-26-20-42(26,39(52)47-58(53,54)41(5)14-15-41)21-33(49)32-18-28(56-36-31-17-27(43)12-13-29(31)34(55-6)22-46-36)23-48(32)37(51)30(25)19-35(50)57-40(3,4)38(44)45/h9,11-13,17,22,24-26,28,30,32,38H,7-8,10,14-16,18-21,23H2,1-6H3,(H,47,52)/b11-9-/t24-,25-,26-,28-,30+,32+,42-/m1/s1. The first kappa shape index (κ1) is 43.4. The Kier molecular flexibility index (Phi) is 12.3. The zero-order valence-electron chi connectivity index (χ0n) is 33.9. The molecule has 1 saturated heterocycles. The Bertz CT molecular complexity index is 2070. The molecule has 1 aromatic heterocycles. The number of pyridine rings is 1. The highest BCUT2D eigenvalue weighted by molar-refractivity contribution is 7.91. The maximum atomic E-state index is 15.0. The van der Waals surface area contributed by atoms with Gasteiger partial charge in [-0.1, -0.05) is 32.4 Å². The van der Waals surface area contributed by atoms with E-state index >= 15 is 0 Å². The summed E-state index contributed by atoms with van der Waals surface area (Å²) in [6.45, 7) is 7.49. The number of benzene rings is 1. The van der Waals surface area contributed by atoms with Gasteiger partial charge < -0.3 is 19.1 Å². The van der Waals surface area contributed by atoms with Gasteiger partial charge in [-0.15, -0.1) is 0 Å². The Morgan fingerprint density at radius 2 is 1.86 bits per heavy atom. The molecule has 3 fully saturated rings. The molecule has 2 saturated carbocycles. The van der Waals surface area contributed by atoms with Crippen LogP contribution in [0.4, 0.5) is 13.2 Å². The number of methoxy groups -OCH3 is 1. The highest BCUT2D eigenvalue weighted by Crippen LogP contribution is 2.58. The maximum absolute atomic E-state index is 15.0. The Hall–Kier alpha value is -4.21. The van der Waals surface area contributed by atoms with Gasteiger partial charge in [0.25, 0.3) is 6.43 Å². The van der Waals surface area contributed by atoms with E-state index in [1.165, 1.54) is 36.4 Å². The van der Waals surface area contributed by atoms with E-state index in [0.717, 1.165) is 13.8 Å². The van der Waals surface area contributed by atoms with Crippen LogP contribution in [0.5, 0.6) is 11.6 Å². The number of amides is 2. The third kappa shape index (κ3) is 8.86. The summed E-state index contributed by atoms with van der Waals surface area (Å²) in [6, 6.07) is 2.84. The second-order valence-electron chi connectivity index (χ2n) is 17.5. The first-order chi connectivity index (χ1) is 27.2. The van der Waals surface area contributed by atoms with Crippen molar-refractivity contribution in [3.63, 3.8) is 0 Å². The summed E-state index contributed by atoms with van der Waals surface area (Å²) in [7, 11) is -2.59. The third-order valence-corrected chi connectivity index (χ3v) is 14.9. The SMILES string of the molecule is CC[C@@H]1C[C@H](C)CC/C=C\[C@@H]2C[C@@]2(C(=O)NS(=O)(=O)C2(C)CC2)CC(=O)[C@@H]2C[C@@H](Oc3ncc(OC)c4ccc(F)cc34)CN2C(=O)[C@H]1CC(=O)OC(C)(C)C(F)F. The van der Waals surface area contributed by atoms with Gasteiger partial charge in [0, 0.05) is 18.2 Å². The van der Waals surface area contributed by atoms with Gasteiger partial charge in [-0.25, -0.2) is 26.6 Å². The summed E-state index contributed by atoms with van der Waals surface area (Å²) in [5, 5.41) is 0.799. The van der Waals surface area contributed by atoms with Gasteiger partial charge in [-0.3, -0.25) is 23.9 Å². The molecule has 1 N–H and O–H groups in total. The van der Waals surface area contributed by atoms with E-state index in [9.17, 15) is 40.8 Å². The molecule has 4 aliphatic rings. The zero-order valence-corrected chi connectivity index (χ0v) is 34.7. The minimum Gasteiger partial charge on any atom is -0.494 e. The van der Waals surface area contributed by atoms with Crippen molar-refractivity contribution < 1.29 is 55.0 Å². The van der Waals surface area contributed by atoms with Crippen LogP contribution in [0.1, 0.15) is 98.8 Å². The van der Waals surface area contributed by atoms with Crippen LogP contribution in [-0.2, 0) is 33.9 Å². The Morgan fingerprint density at radius 1 is 1.14 bits per heavy atom. The third-order valence-electron chi connectivity index (χ3n) is 12.7. The number of nitrogens with zero attached hydrogens (tertiary/aromatic N) is 2. The number of carbonyl (C=O) groups is 4. The number of Topliss-reactive ketones (excluding diaryl/α,β-unsaturated/α-hetero) is 1. The van der Waals surface area contributed by atoms with Crippen LogP contribution >= 0.6 is 0 Å². The summed E-state index contributed by atoms with van der Waals surface area (Å²) in [4.78, 5) is 62.7. The van der Waals surface area contributed by atoms with Crippen LogP contribution in [0.15, 0.2) is 36.5 Å². The fourth-order valence-electron chi connectivity index (χ4n) is 8.48. The smallest absolute Gasteiger partial charge is 0.307 e. The number of nitrogens with one attached hydrogen (secondary N) is 1. The van der Waals surface area contributed by atoms with Crippen LogP contribution < -0.4 is 14.2 Å². The van der Waals surface area contributed by atoms with E-state index in [2.05, 4.69) is 9.71 Å². The highest BCUT2D eigenvalue weighted by atomic mass is 32.2. The highest BCUT2D eigenvalue weighted by Gasteiger charge is 2.63. The molecular formula is C42H54F3N3O9S. The molecule has 3 heterocycles. The molecule has 0 spiro atoms. The molecule has 2 aliphatic carbocycles. The van der Waals surface area contributed by atoms with Crippen molar-refractivity contribution in [3.8, 4) is 11.6 Å². The lowest BCUT2D eigenvalue weighted by molar-refractivity contribution is -0.174. The monoisotopic (exact) mass is 833 g/mol. The number of ether oxygens (including phenoxy) is 3. The minimum absolute atomic E-state index is 0.0274. The number of carbonyl (C=O) groups excluding carboxylic acids is 4. The number of ketones is 1. The number of sulfonamides is 1. The number of esters is 1. The van der Waals surface area contributed by atoms with Crippen molar-refractivity contribution in [3.05, 3.63) is 42.4 Å². The Labute approximate surface area is 337 Å². The summed E-state index contributed by atoms with van der Waals surface area (Å²) in [6.07, 6.45) is 3.72. The van der Waals surface area contributed by atoms with E-state index in [1.807, 2.05) is 26.0 Å². The quantitative estimate of drug-likeness (QED) is 0.191. The molecule has 6 rings (SSSR count). The lowest BCUT2D eigenvalue weighted by Gasteiger charge is -2.34. The van der Waals surface area contributed by atoms with Crippen molar-refractivity contribution in [1.82, 2.24) is 14.6 Å². The largest absolute Gasteiger partial charge is 0.494 e. The lowest BCUT2D eigenvalue weighted by Crippen LogP contribution is -2.48. The van der Waals surface area contributed by atoms with E-state index in [1.54, 1.807) is 6.92 Å². The maximum Gasteiger partial charge on any atom is 0.307 e. The second kappa shape index (κ2) is 16.4. The number of hydrogen-bond acceptors (Lipinski definition) is 10. The number of rotatable bonds is 11. The van der Waals surface area contributed by atoms with Crippen molar-refractivity contribution >= 4 is 44.4 Å². The first-order valence-electron chi connectivity index (χ1n) is 20.1. The van der Waals surface area contributed by atoms with Crippen molar-refractivity contribution in [2.75, 3.05) is 13.7 Å². The van der Waals surface area contributed by atoms with Crippen LogP contribution in [-0.4, -0.2) is 84.4 Å². The number of hydrogen-bond donors (Lipinski definition) is 1. The van der Waals surface area contributed by atoms with Gasteiger partial charge in [0.15, 0.2) is 11.4 Å². The van der Waals surface area contributed by atoms with E-state index in [4.69, 9.17) is 14.2 Å². The van der Waals surface area contributed by atoms with Gasteiger partial charge in [0.2, 0.25) is 27.7 Å². The molecule has 7 atom stereocenters. The predicted octanol–water partition coefficient (Wildman–Crippen LogP) is 6.69. The van der Waals surface area contributed by atoms with E-state index in [-0.39, 0.29) is 43.0 Å². The van der Waals surface area contributed by atoms with E-state index < -0.39 is 97.9 Å². The predicted molar refractivity (Wildman–Crippen MR) is 208 cm³/mol. The van der Waals surface area contributed by atoms with Crippen LogP contribution in [0.2, 0.25) is 0 Å². The van der Waals surface area contributed by atoms with Gasteiger partial charge in [-0.2, -0.15) is 0 Å². The van der Waals surface area contributed by atoms with Crippen molar-refractivity contribution in [1.29, 1.82) is 0 Å². The molecule has 16 heteroatoms. The van der Waals surface area contributed by atoms with Crippen molar-refractivity contribution in [2.45, 2.75) is 128 Å². The Balaban J connectivity index is 1.38. The number of aromatic nitrogens is 1. The van der Waals surface area contributed by atoms with E-state index in [0.29, 0.717) is 49.7 Å². The molecule has 318 valence electrons. The number of fused-ring (bicyclic) bond motifs is 3. The van der Waals surface area contributed by atoms with Crippen molar-refractivity contribution in [2.24, 2.45) is 29.1 Å². The van der Waals surface area contributed by atoms with Gasteiger partial charge in [0.1, 0.15) is 17.7 Å². The van der Waals surface area contributed by atoms with Crippen LogP contribution in [0.3, 0.4) is 0 Å². The second-order valence-corrected chi connectivity index (χ2v) is 19.7. The summed E-state index contributed by atoms with van der Waals surface area (Å²) in [5.41, 5.74) is -3.49. The average Bonchev–Trinajstić information content (AvgIpc) is 4.04. The number of allylic oxidation sites excluding steroid dienone is 2.